The van der Waals surface area contributed by atoms with Gasteiger partial charge in [-0.3, -0.25) is 19.7 Å². The van der Waals surface area contributed by atoms with E-state index in [0.717, 1.165) is 25.7 Å². The Morgan fingerprint density at radius 3 is 2.52 bits per heavy atom. The topological polar surface area (TPSA) is 108 Å². The molecule has 1 N–H and O–H groups in total. The number of nitro benzene ring substituents is 1. The Morgan fingerprint density at radius 1 is 1.23 bits per heavy atom. The van der Waals surface area contributed by atoms with E-state index in [1.165, 1.54) is 43.2 Å². The van der Waals surface area contributed by atoms with Gasteiger partial charge in [0, 0.05) is 23.6 Å². The van der Waals surface area contributed by atoms with Crippen molar-refractivity contribution in [2.75, 3.05) is 30.5 Å². The number of nitrogens with zero attached hydrogens (tertiary/aromatic N) is 1. The predicted octanol–water partition coefficient (Wildman–Crippen LogP) is 4.09. The minimum atomic E-state index is -0.554. The zero-order valence-corrected chi connectivity index (χ0v) is 19.0. The van der Waals surface area contributed by atoms with Crippen LogP contribution in [-0.4, -0.2) is 46.1 Å². The Morgan fingerprint density at radius 2 is 1.90 bits per heavy atom. The quantitative estimate of drug-likeness (QED) is 0.379. The molecule has 1 saturated heterocycles. The molecular weight excluding hydrogens is 440 g/mol. The lowest BCUT2D eigenvalue weighted by atomic mass is 9.67. The number of rotatable bonds is 6. The molecule has 0 radical (unpaired) electrons. The number of anilines is 1. The van der Waals surface area contributed by atoms with Crippen molar-refractivity contribution in [1.82, 2.24) is 0 Å². The third-order valence-electron chi connectivity index (χ3n) is 6.47. The zero-order chi connectivity index (χ0) is 22.0. The van der Waals surface area contributed by atoms with Crippen LogP contribution in [0.3, 0.4) is 0 Å². The smallest absolute Gasteiger partial charge is 0.309 e. The molecule has 31 heavy (non-hydrogen) atoms. The van der Waals surface area contributed by atoms with Gasteiger partial charge in [-0.1, -0.05) is 6.42 Å². The summed E-state index contributed by atoms with van der Waals surface area (Å²) < 4.78 is 10.8. The molecule has 2 unspecified atom stereocenters. The number of ether oxygens (including phenoxy) is 2. The third-order valence-corrected chi connectivity index (χ3v) is 10.5. The Bertz CT molecular complexity index is 857. The van der Waals surface area contributed by atoms with Crippen LogP contribution in [0.2, 0.25) is 0 Å². The lowest BCUT2D eigenvalue weighted by molar-refractivity contribution is -0.384. The number of methoxy groups -OCH3 is 1. The number of esters is 1. The first-order valence-electron chi connectivity index (χ1n) is 10.5. The molecule has 1 spiro atoms. The van der Waals surface area contributed by atoms with E-state index in [4.69, 9.17) is 9.47 Å². The Labute approximate surface area is 189 Å². The molecule has 8 nitrogen and oxygen atoms in total. The summed E-state index contributed by atoms with van der Waals surface area (Å²) >= 11 is 4.17. The van der Waals surface area contributed by atoms with Gasteiger partial charge in [0.1, 0.15) is 5.75 Å². The van der Waals surface area contributed by atoms with E-state index in [-0.39, 0.29) is 27.3 Å². The van der Waals surface area contributed by atoms with Crippen LogP contribution in [0.5, 0.6) is 5.75 Å². The van der Waals surface area contributed by atoms with Crippen LogP contribution < -0.4 is 10.1 Å². The van der Waals surface area contributed by atoms with E-state index in [0.29, 0.717) is 17.6 Å². The molecule has 2 aliphatic carbocycles. The van der Waals surface area contributed by atoms with Crippen LogP contribution in [0, 0.1) is 27.9 Å². The number of hydrogen-bond acceptors (Lipinski definition) is 8. The summed E-state index contributed by atoms with van der Waals surface area (Å²) in [5, 5.41) is 13.5. The molecule has 4 rings (SSSR count). The van der Waals surface area contributed by atoms with E-state index in [1.54, 1.807) is 0 Å². The standard InChI is InChI=1S/C21H26N2O6S2/c1-28-18-6-5-16(23(26)27)11-17(18)22-19(24)12-29-20(25)13-9-14-3-2-4-15(10-13)21(14)30-7-8-31-21/h5-6,11,13-15H,2-4,7-10,12H2,1H3,(H,22,24). The van der Waals surface area contributed by atoms with Crippen molar-refractivity contribution in [2.45, 2.75) is 36.2 Å². The van der Waals surface area contributed by atoms with Crippen molar-refractivity contribution in [2.24, 2.45) is 17.8 Å². The van der Waals surface area contributed by atoms with E-state index in [1.807, 2.05) is 0 Å². The predicted molar refractivity (Wildman–Crippen MR) is 120 cm³/mol. The van der Waals surface area contributed by atoms with Gasteiger partial charge in [-0.2, -0.15) is 0 Å². The summed E-state index contributed by atoms with van der Waals surface area (Å²) in [5.74, 6) is 2.69. The summed E-state index contributed by atoms with van der Waals surface area (Å²) in [6.45, 7) is -0.425. The highest BCUT2D eigenvalue weighted by Crippen LogP contribution is 2.64. The number of nitrogens with one attached hydrogen (secondary N) is 1. The van der Waals surface area contributed by atoms with Crippen LogP contribution in [-0.2, 0) is 14.3 Å². The van der Waals surface area contributed by atoms with Gasteiger partial charge in [-0.15, -0.1) is 23.5 Å². The average Bonchev–Trinajstić information content (AvgIpc) is 3.21. The molecule has 3 aliphatic rings. The van der Waals surface area contributed by atoms with Gasteiger partial charge >= 0.3 is 5.97 Å². The molecule has 1 amide bonds. The minimum Gasteiger partial charge on any atom is -0.495 e. The minimum absolute atomic E-state index is 0.164. The number of benzene rings is 1. The van der Waals surface area contributed by atoms with Crippen molar-refractivity contribution < 1.29 is 24.0 Å². The number of amides is 1. The monoisotopic (exact) mass is 466 g/mol. The molecule has 1 heterocycles. The fourth-order valence-electron chi connectivity index (χ4n) is 5.15. The van der Waals surface area contributed by atoms with Crippen molar-refractivity contribution in [3.05, 3.63) is 28.3 Å². The van der Waals surface area contributed by atoms with E-state index >= 15 is 0 Å². The summed E-state index contributed by atoms with van der Waals surface area (Å²) in [5.41, 5.74) is 0.000550. The van der Waals surface area contributed by atoms with Crippen LogP contribution in [0.1, 0.15) is 32.1 Å². The summed E-state index contributed by atoms with van der Waals surface area (Å²) in [4.78, 5) is 35.5. The number of hydrogen-bond donors (Lipinski definition) is 1. The van der Waals surface area contributed by atoms with Gasteiger partial charge < -0.3 is 14.8 Å². The lowest BCUT2D eigenvalue weighted by Crippen LogP contribution is -2.48. The Hall–Kier alpha value is -1.94. The van der Waals surface area contributed by atoms with Gasteiger partial charge in [-0.05, 0) is 43.6 Å². The van der Waals surface area contributed by atoms with Crippen molar-refractivity contribution in [3.8, 4) is 5.75 Å². The second-order valence-electron chi connectivity index (χ2n) is 8.21. The number of carbonyl (C=O) groups excluding carboxylic acids is 2. The lowest BCUT2D eigenvalue weighted by Gasteiger charge is -2.51. The number of thioether (sulfide) groups is 2. The normalized spacial score (nSPS) is 26.3. The molecule has 1 aliphatic heterocycles. The van der Waals surface area contributed by atoms with Crippen LogP contribution in [0.4, 0.5) is 11.4 Å². The summed E-state index contributed by atoms with van der Waals surface area (Å²) in [6, 6.07) is 3.93. The van der Waals surface area contributed by atoms with Crippen molar-refractivity contribution in [3.63, 3.8) is 0 Å². The fraction of sp³-hybridized carbons (Fsp3) is 0.619. The molecule has 168 valence electrons. The first-order valence-corrected chi connectivity index (χ1v) is 12.5. The first kappa shape index (κ1) is 22.3. The van der Waals surface area contributed by atoms with Crippen LogP contribution >= 0.6 is 23.5 Å². The summed E-state index contributed by atoms with van der Waals surface area (Å²) in [7, 11) is 1.41. The molecule has 1 aromatic rings. The number of carbonyl (C=O) groups is 2. The van der Waals surface area contributed by atoms with Crippen LogP contribution in [0.15, 0.2) is 18.2 Å². The average molecular weight is 467 g/mol. The third kappa shape index (κ3) is 4.50. The van der Waals surface area contributed by atoms with Gasteiger partial charge in [0.25, 0.3) is 11.6 Å². The highest BCUT2D eigenvalue weighted by molar-refractivity contribution is 8.21. The summed E-state index contributed by atoms with van der Waals surface area (Å²) in [6.07, 6.45) is 5.21. The van der Waals surface area contributed by atoms with Gasteiger partial charge in [0.2, 0.25) is 0 Å². The van der Waals surface area contributed by atoms with Gasteiger partial charge in [0.05, 0.1) is 27.7 Å². The second-order valence-corrected chi connectivity index (χ2v) is 11.2. The maximum Gasteiger partial charge on any atom is 0.309 e. The largest absolute Gasteiger partial charge is 0.495 e. The molecule has 2 bridgehead atoms. The maximum atomic E-state index is 12.7. The molecule has 0 aromatic heterocycles. The van der Waals surface area contributed by atoms with Crippen molar-refractivity contribution in [1.29, 1.82) is 0 Å². The highest BCUT2D eigenvalue weighted by atomic mass is 32.2. The molecule has 2 atom stereocenters. The Balaban J connectivity index is 1.34. The zero-order valence-electron chi connectivity index (χ0n) is 17.3. The van der Waals surface area contributed by atoms with Gasteiger partial charge in [-0.25, -0.2) is 0 Å². The molecule has 3 fully saturated rings. The molecule has 10 heteroatoms. The van der Waals surface area contributed by atoms with E-state index in [9.17, 15) is 19.7 Å². The maximum absolute atomic E-state index is 12.7. The number of non-ortho nitro benzene ring substituents is 1. The van der Waals surface area contributed by atoms with Crippen LogP contribution in [0.25, 0.3) is 0 Å². The molecule has 1 aromatic carbocycles. The SMILES string of the molecule is COc1ccc([N+](=O)[O-])cc1NC(=O)COC(=O)C1CC2CCCC(C1)C21SCCS1. The first-order chi connectivity index (χ1) is 14.9. The van der Waals surface area contributed by atoms with Crippen molar-refractivity contribution >= 4 is 46.8 Å². The number of nitro groups is 1. The fourth-order valence-corrected chi connectivity index (χ4v) is 9.09. The van der Waals surface area contributed by atoms with Gasteiger partial charge in [0.15, 0.2) is 6.61 Å². The highest BCUT2D eigenvalue weighted by Gasteiger charge is 2.55. The Kier molecular flexibility index (Phi) is 6.66. The second kappa shape index (κ2) is 9.28. The molecular formula is C21H26N2O6S2. The molecule has 2 saturated carbocycles. The van der Waals surface area contributed by atoms with E-state index in [2.05, 4.69) is 28.8 Å². The van der Waals surface area contributed by atoms with E-state index < -0.39 is 17.4 Å².